The zero-order valence-electron chi connectivity index (χ0n) is 14.6. The molecule has 2 amide bonds. The van der Waals surface area contributed by atoms with Crippen LogP contribution in [-0.2, 0) is 9.59 Å². The Morgan fingerprint density at radius 2 is 1.70 bits per heavy atom. The van der Waals surface area contributed by atoms with Gasteiger partial charge in [0, 0.05) is 35.9 Å². The van der Waals surface area contributed by atoms with Crippen molar-refractivity contribution in [2.45, 2.75) is 12.8 Å². The van der Waals surface area contributed by atoms with Crippen LogP contribution in [0.5, 0.6) is 0 Å². The lowest BCUT2D eigenvalue weighted by atomic mass is 9.96. The van der Waals surface area contributed by atoms with Gasteiger partial charge >= 0.3 is 0 Å². The molecule has 1 aliphatic rings. The minimum absolute atomic E-state index is 0.0551. The lowest BCUT2D eigenvalue weighted by Gasteiger charge is -2.32. The fourth-order valence-corrected chi connectivity index (χ4v) is 3.21. The van der Waals surface area contributed by atoms with Gasteiger partial charge in [-0.25, -0.2) is 4.98 Å². The Kier molecular flexibility index (Phi) is 6.53. The van der Waals surface area contributed by atoms with Gasteiger partial charge in [-0.1, -0.05) is 23.2 Å². The number of hydrogen-bond acceptors (Lipinski definition) is 4. The maximum Gasteiger partial charge on any atom is 0.243 e. The second kappa shape index (κ2) is 9.06. The van der Waals surface area contributed by atoms with Gasteiger partial charge in [0.25, 0.3) is 0 Å². The molecule has 3 rings (SSSR count). The van der Waals surface area contributed by atoms with E-state index in [0.717, 1.165) is 31.7 Å². The molecule has 1 aromatic carbocycles. The van der Waals surface area contributed by atoms with Crippen molar-refractivity contribution in [2.75, 3.05) is 29.9 Å². The van der Waals surface area contributed by atoms with Crippen LogP contribution >= 0.6 is 23.2 Å². The highest BCUT2D eigenvalue weighted by molar-refractivity contribution is 6.30. The summed E-state index contributed by atoms with van der Waals surface area (Å²) in [7, 11) is 0. The van der Waals surface area contributed by atoms with Gasteiger partial charge in [0.1, 0.15) is 5.82 Å². The lowest BCUT2D eigenvalue weighted by molar-refractivity contribution is -0.127. The van der Waals surface area contributed by atoms with Crippen LogP contribution in [-0.4, -0.2) is 36.4 Å². The SMILES string of the molecule is O=C(CNC(=O)C1CCN(c2ccc(Cl)cn2)CC1)Nc1ccc(Cl)cc1. The van der Waals surface area contributed by atoms with Crippen molar-refractivity contribution in [3.8, 4) is 0 Å². The first kappa shape index (κ1) is 19.5. The maximum atomic E-state index is 12.3. The molecule has 2 N–H and O–H groups in total. The van der Waals surface area contributed by atoms with Gasteiger partial charge in [-0.05, 0) is 49.2 Å². The van der Waals surface area contributed by atoms with Crippen LogP contribution in [0.4, 0.5) is 11.5 Å². The maximum absolute atomic E-state index is 12.3. The van der Waals surface area contributed by atoms with E-state index in [9.17, 15) is 9.59 Å². The molecular formula is C19H20Cl2N4O2. The summed E-state index contributed by atoms with van der Waals surface area (Å²) in [5, 5.41) is 6.64. The number of rotatable bonds is 5. The first-order chi connectivity index (χ1) is 13.0. The van der Waals surface area contributed by atoms with Crippen LogP contribution in [0.2, 0.25) is 10.0 Å². The van der Waals surface area contributed by atoms with Crippen molar-refractivity contribution in [2.24, 2.45) is 5.92 Å². The Morgan fingerprint density at radius 1 is 1.04 bits per heavy atom. The van der Waals surface area contributed by atoms with E-state index in [-0.39, 0.29) is 24.3 Å². The molecule has 1 saturated heterocycles. The number of carbonyl (C=O) groups is 2. The summed E-state index contributed by atoms with van der Waals surface area (Å²) >= 11 is 11.7. The number of aromatic nitrogens is 1. The van der Waals surface area contributed by atoms with E-state index in [1.165, 1.54) is 0 Å². The standard InChI is InChI=1S/C19H20Cl2N4O2/c20-14-1-4-16(5-2-14)24-18(26)12-23-19(27)13-7-9-25(10-8-13)17-6-3-15(21)11-22-17/h1-6,11,13H,7-10,12H2,(H,23,27)(H,24,26). The fourth-order valence-electron chi connectivity index (χ4n) is 2.98. The van der Waals surface area contributed by atoms with Gasteiger partial charge in [-0.15, -0.1) is 0 Å². The molecule has 27 heavy (non-hydrogen) atoms. The molecular weight excluding hydrogens is 387 g/mol. The summed E-state index contributed by atoms with van der Waals surface area (Å²) in [5.74, 6) is 0.399. The summed E-state index contributed by atoms with van der Waals surface area (Å²) in [6, 6.07) is 10.5. The summed E-state index contributed by atoms with van der Waals surface area (Å²) in [6.45, 7) is 1.42. The van der Waals surface area contributed by atoms with Crippen molar-refractivity contribution in [1.82, 2.24) is 10.3 Å². The average molecular weight is 407 g/mol. The predicted octanol–water partition coefficient (Wildman–Crippen LogP) is 3.36. The number of halogens is 2. The number of nitrogens with zero attached hydrogens (tertiary/aromatic N) is 2. The highest BCUT2D eigenvalue weighted by Gasteiger charge is 2.25. The molecule has 142 valence electrons. The molecule has 0 aliphatic carbocycles. The molecule has 0 unspecified atom stereocenters. The van der Waals surface area contributed by atoms with E-state index in [2.05, 4.69) is 20.5 Å². The van der Waals surface area contributed by atoms with Gasteiger partial charge in [0.05, 0.1) is 11.6 Å². The lowest BCUT2D eigenvalue weighted by Crippen LogP contribution is -2.42. The van der Waals surface area contributed by atoms with Crippen LogP contribution < -0.4 is 15.5 Å². The third-order valence-electron chi connectivity index (χ3n) is 4.45. The number of benzene rings is 1. The van der Waals surface area contributed by atoms with Gasteiger partial charge in [0.15, 0.2) is 0 Å². The van der Waals surface area contributed by atoms with Crippen molar-refractivity contribution in [3.63, 3.8) is 0 Å². The molecule has 0 radical (unpaired) electrons. The topological polar surface area (TPSA) is 74.3 Å². The minimum atomic E-state index is -0.270. The Bertz CT molecular complexity index is 788. The number of carbonyl (C=O) groups excluding carboxylic acids is 2. The number of anilines is 2. The summed E-state index contributed by atoms with van der Waals surface area (Å²) < 4.78 is 0. The normalized spacial score (nSPS) is 14.7. The zero-order chi connectivity index (χ0) is 19.2. The number of hydrogen-bond donors (Lipinski definition) is 2. The van der Waals surface area contributed by atoms with Crippen molar-refractivity contribution in [3.05, 3.63) is 52.6 Å². The van der Waals surface area contributed by atoms with Crippen LogP contribution in [0.3, 0.4) is 0 Å². The number of piperidine rings is 1. The first-order valence-electron chi connectivity index (χ1n) is 8.71. The number of nitrogens with one attached hydrogen (secondary N) is 2. The molecule has 8 heteroatoms. The van der Waals surface area contributed by atoms with Crippen molar-refractivity contribution in [1.29, 1.82) is 0 Å². The molecule has 0 atom stereocenters. The molecule has 1 fully saturated rings. The molecule has 1 aromatic heterocycles. The van der Waals surface area contributed by atoms with Crippen LogP contribution in [0, 0.1) is 5.92 Å². The van der Waals surface area contributed by atoms with E-state index in [1.54, 1.807) is 30.5 Å². The molecule has 0 bridgehead atoms. The zero-order valence-corrected chi connectivity index (χ0v) is 16.1. The predicted molar refractivity (Wildman–Crippen MR) is 107 cm³/mol. The Balaban J connectivity index is 1.42. The highest BCUT2D eigenvalue weighted by atomic mass is 35.5. The van der Waals surface area contributed by atoms with E-state index in [0.29, 0.717) is 15.7 Å². The van der Waals surface area contributed by atoms with Crippen molar-refractivity contribution >= 4 is 46.5 Å². The van der Waals surface area contributed by atoms with E-state index >= 15 is 0 Å². The largest absolute Gasteiger partial charge is 0.357 e. The first-order valence-corrected chi connectivity index (χ1v) is 9.46. The quantitative estimate of drug-likeness (QED) is 0.797. The molecule has 2 aromatic rings. The summed E-state index contributed by atoms with van der Waals surface area (Å²) in [4.78, 5) is 30.7. The van der Waals surface area contributed by atoms with Crippen LogP contribution in [0.15, 0.2) is 42.6 Å². The summed E-state index contributed by atoms with van der Waals surface area (Å²) in [5.41, 5.74) is 0.641. The van der Waals surface area contributed by atoms with E-state index < -0.39 is 0 Å². The number of amides is 2. The van der Waals surface area contributed by atoms with E-state index in [4.69, 9.17) is 23.2 Å². The number of pyridine rings is 1. The Hall–Kier alpha value is -2.31. The van der Waals surface area contributed by atoms with Crippen LogP contribution in [0.1, 0.15) is 12.8 Å². The fraction of sp³-hybridized carbons (Fsp3) is 0.316. The smallest absolute Gasteiger partial charge is 0.243 e. The monoisotopic (exact) mass is 406 g/mol. The molecule has 0 saturated carbocycles. The van der Waals surface area contributed by atoms with Gasteiger partial charge in [0.2, 0.25) is 11.8 Å². The highest BCUT2D eigenvalue weighted by Crippen LogP contribution is 2.22. The third kappa shape index (κ3) is 5.58. The van der Waals surface area contributed by atoms with Gasteiger partial charge in [-0.2, -0.15) is 0 Å². The second-order valence-electron chi connectivity index (χ2n) is 6.37. The van der Waals surface area contributed by atoms with Crippen molar-refractivity contribution < 1.29 is 9.59 Å². The second-order valence-corrected chi connectivity index (χ2v) is 7.24. The Morgan fingerprint density at radius 3 is 2.33 bits per heavy atom. The summed E-state index contributed by atoms with van der Waals surface area (Å²) in [6.07, 6.45) is 3.05. The van der Waals surface area contributed by atoms with Crippen LogP contribution in [0.25, 0.3) is 0 Å². The molecule has 2 heterocycles. The average Bonchev–Trinajstić information content (AvgIpc) is 2.69. The third-order valence-corrected chi connectivity index (χ3v) is 4.93. The van der Waals surface area contributed by atoms with Gasteiger partial charge < -0.3 is 15.5 Å². The Labute approximate surface area is 167 Å². The minimum Gasteiger partial charge on any atom is -0.357 e. The molecule has 1 aliphatic heterocycles. The molecule has 6 nitrogen and oxygen atoms in total. The van der Waals surface area contributed by atoms with Gasteiger partial charge in [-0.3, -0.25) is 9.59 Å². The molecule has 0 spiro atoms. The van der Waals surface area contributed by atoms with E-state index in [1.807, 2.05) is 12.1 Å².